The van der Waals surface area contributed by atoms with Gasteiger partial charge in [-0.05, 0) is 17.7 Å². The molecule has 0 unspecified atom stereocenters. The number of nitrogens with zero attached hydrogens (tertiary/aromatic N) is 1. The van der Waals surface area contributed by atoms with Crippen LogP contribution in [-0.4, -0.2) is 80.1 Å². The van der Waals surface area contributed by atoms with Gasteiger partial charge in [0, 0.05) is 52.3 Å². The van der Waals surface area contributed by atoms with Crippen molar-refractivity contribution in [3.8, 4) is 0 Å². The SMILES string of the molecule is COCC(=O)NCCN(CCNC(=O)CO)C(=O)c1ccc(CNC(C)=O)cc1. The number of hydrogen-bond acceptors (Lipinski definition) is 6. The van der Waals surface area contributed by atoms with Gasteiger partial charge in [0.25, 0.3) is 5.91 Å². The highest BCUT2D eigenvalue weighted by Crippen LogP contribution is 2.08. The monoisotopic (exact) mass is 408 g/mol. The lowest BCUT2D eigenvalue weighted by Gasteiger charge is -2.23. The second-order valence-electron chi connectivity index (χ2n) is 6.19. The third kappa shape index (κ3) is 9.67. The van der Waals surface area contributed by atoms with E-state index in [0.29, 0.717) is 12.1 Å². The highest BCUT2D eigenvalue weighted by atomic mass is 16.5. The Labute approximate surface area is 169 Å². The van der Waals surface area contributed by atoms with Crippen LogP contribution in [-0.2, 0) is 25.7 Å². The van der Waals surface area contributed by atoms with Crippen LogP contribution >= 0.6 is 0 Å². The molecule has 0 aromatic heterocycles. The maximum Gasteiger partial charge on any atom is 0.253 e. The standard InChI is InChI=1S/C19H28N4O6/c1-14(25)22-11-15-3-5-16(6-4-15)19(28)23(9-7-20-17(26)12-24)10-8-21-18(27)13-29-2/h3-6,24H,7-13H2,1-2H3,(H,20,26)(H,21,27)(H,22,25). The minimum atomic E-state index is -0.628. The van der Waals surface area contributed by atoms with Crippen molar-refractivity contribution in [2.75, 3.05) is 46.5 Å². The molecular weight excluding hydrogens is 380 g/mol. The number of hydrogen-bond donors (Lipinski definition) is 4. The predicted octanol–water partition coefficient (Wildman–Crippen LogP) is -1.36. The van der Waals surface area contributed by atoms with E-state index < -0.39 is 12.5 Å². The lowest BCUT2D eigenvalue weighted by atomic mass is 10.1. The zero-order chi connectivity index (χ0) is 21.6. The zero-order valence-electron chi connectivity index (χ0n) is 16.7. The number of aliphatic hydroxyl groups excluding tert-OH is 1. The van der Waals surface area contributed by atoms with Gasteiger partial charge in [0.05, 0.1) is 0 Å². The predicted molar refractivity (Wildman–Crippen MR) is 105 cm³/mol. The molecule has 0 aliphatic heterocycles. The topological polar surface area (TPSA) is 137 Å². The van der Waals surface area contributed by atoms with E-state index >= 15 is 0 Å². The lowest BCUT2D eigenvalue weighted by molar-refractivity contribution is -0.125. The Hall–Kier alpha value is -2.98. The summed E-state index contributed by atoms with van der Waals surface area (Å²) in [5.74, 6) is -1.24. The Morgan fingerprint density at radius 3 is 2.07 bits per heavy atom. The first-order valence-corrected chi connectivity index (χ1v) is 9.13. The molecular formula is C19H28N4O6. The highest BCUT2D eigenvalue weighted by molar-refractivity contribution is 5.94. The van der Waals surface area contributed by atoms with Crippen LogP contribution in [0.1, 0.15) is 22.8 Å². The molecule has 0 radical (unpaired) electrons. The van der Waals surface area contributed by atoms with Crippen LogP contribution in [0, 0.1) is 0 Å². The van der Waals surface area contributed by atoms with Crippen LogP contribution in [0.2, 0.25) is 0 Å². The smallest absolute Gasteiger partial charge is 0.253 e. The Balaban J connectivity index is 2.72. The number of benzene rings is 1. The molecule has 0 spiro atoms. The van der Waals surface area contributed by atoms with Crippen LogP contribution in [0.4, 0.5) is 0 Å². The number of aliphatic hydroxyl groups is 1. The molecule has 0 fully saturated rings. The van der Waals surface area contributed by atoms with Crippen molar-refractivity contribution in [1.82, 2.24) is 20.9 Å². The molecule has 1 rings (SSSR count). The van der Waals surface area contributed by atoms with Crippen LogP contribution in [0.25, 0.3) is 0 Å². The molecule has 1 aromatic carbocycles. The van der Waals surface area contributed by atoms with Gasteiger partial charge >= 0.3 is 0 Å². The quantitative estimate of drug-likeness (QED) is 0.337. The third-order valence-electron chi connectivity index (χ3n) is 3.86. The number of carbonyl (C=O) groups excluding carboxylic acids is 4. The number of nitrogens with one attached hydrogen (secondary N) is 3. The van der Waals surface area contributed by atoms with E-state index in [1.165, 1.54) is 18.9 Å². The van der Waals surface area contributed by atoms with Crippen LogP contribution < -0.4 is 16.0 Å². The van der Waals surface area contributed by atoms with E-state index in [0.717, 1.165) is 5.56 Å². The van der Waals surface area contributed by atoms with Gasteiger partial charge in [0.2, 0.25) is 17.7 Å². The highest BCUT2D eigenvalue weighted by Gasteiger charge is 2.16. The molecule has 0 aliphatic carbocycles. The summed E-state index contributed by atoms with van der Waals surface area (Å²) >= 11 is 0. The van der Waals surface area contributed by atoms with Crippen molar-refractivity contribution in [1.29, 1.82) is 0 Å². The molecule has 0 aliphatic rings. The fourth-order valence-corrected chi connectivity index (χ4v) is 2.39. The molecule has 0 bridgehead atoms. The number of methoxy groups -OCH3 is 1. The molecule has 1 aromatic rings. The summed E-state index contributed by atoms with van der Waals surface area (Å²) in [6, 6.07) is 6.80. The fourth-order valence-electron chi connectivity index (χ4n) is 2.39. The average molecular weight is 408 g/mol. The molecule has 4 N–H and O–H groups in total. The molecule has 0 saturated carbocycles. The Kier molecular flexibility index (Phi) is 11.0. The van der Waals surface area contributed by atoms with Gasteiger partial charge in [-0.25, -0.2) is 0 Å². The summed E-state index contributed by atoms with van der Waals surface area (Å²) in [6.45, 7) is 1.92. The first-order valence-electron chi connectivity index (χ1n) is 9.13. The molecule has 10 nitrogen and oxygen atoms in total. The number of carbonyl (C=O) groups is 4. The fraction of sp³-hybridized carbons (Fsp3) is 0.474. The maximum absolute atomic E-state index is 12.8. The summed E-state index contributed by atoms with van der Waals surface area (Å²) in [7, 11) is 1.41. The van der Waals surface area contributed by atoms with Crippen molar-refractivity contribution < 1.29 is 29.0 Å². The van der Waals surface area contributed by atoms with Crippen molar-refractivity contribution in [3.63, 3.8) is 0 Å². The van der Waals surface area contributed by atoms with Crippen molar-refractivity contribution >= 4 is 23.6 Å². The molecule has 160 valence electrons. The molecule has 4 amide bonds. The van der Waals surface area contributed by atoms with E-state index in [2.05, 4.69) is 16.0 Å². The molecule has 10 heteroatoms. The summed E-state index contributed by atoms with van der Waals surface area (Å²) in [5, 5.41) is 16.6. The van der Waals surface area contributed by atoms with Crippen LogP contribution in [0.3, 0.4) is 0 Å². The van der Waals surface area contributed by atoms with Crippen LogP contribution in [0.5, 0.6) is 0 Å². The first kappa shape index (κ1) is 24.1. The van der Waals surface area contributed by atoms with Crippen molar-refractivity contribution in [2.45, 2.75) is 13.5 Å². The number of rotatable bonds is 12. The zero-order valence-corrected chi connectivity index (χ0v) is 16.7. The van der Waals surface area contributed by atoms with Gasteiger partial charge in [-0.2, -0.15) is 0 Å². The van der Waals surface area contributed by atoms with E-state index in [-0.39, 0.29) is 50.5 Å². The Morgan fingerprint density at radius 1 is 0.966 bits per heavy atom. The minimum Gasteiger partial charge on any atom is -0.387 e. The number of amides is 4. The van der Waals surface area contributed by atoms with Crippen molar-refractivity contribution in [2.24, 2.45) is 0 Å². The maximum atomic E-state index is 12.8. The third-order valence-corrected chi connectivity index (χ3v) is 3.86. The normalized spacial score (nSPS) is 10.2. The van der Waals surface area contributed by atoms with E-state index in [1.54, 1.807) is 24.3 Å². The van der Waals surface area contributed by atoms with Gasteiger partial charge in [-0.1, -0.05) is 12.1 Å². The van der Waals surface area contributed by atoms with E-state index in [1.807, 2.05) is 0 Å². The first-order chi connectivity index (χ1) is 13.9. The summed E-state index contributed by atoms with van der Waals surface area (Å²) in [6.07, 6.45) is 0. The Morgan fingerprint density at radius 2 is 1.55 bits per heavy atom. The minimum absolute atomic E-state index is 0.0732. The second-order valence-corrected chi connectivity index (χ2v) is 6.19. The van der Waals surface area contributed by atoms with E-state index in [9.17, 15) is 19.2 Å². The molecule has 0 saturated heterocycles. The van der Waals surface area contributed by atoms with Crippen LogP contribution in [0.15, 0.2) is 24.3 Å². The summed E-state index contributed by atoms with van der Waals surface area (Å²) in [4.78, 5) is 48.0. The van der Waals surface area contributed by atoms with Gasteiger partial charge < -0.3 is 30.7 Å². The van der Waals surface area contributed by atoms with Gasteiger partial charge in [0.1, 0.15) is 13.2 Å². The molecule has 29 heavy (non-hydrogen) atoms. The summed E-state index contributed by atoms with van der Waals surface area (Å²) < 4.78 is 4.74. The average Bonchev–Trinajstić information content (AvgIpc) is 2.71. The van der Waals surface area contributed by atoms with E-state index in [4.69, 9.17) is 9.84 Å². The number of ether oxygens (including phenoxy) is 1. The second kappa shape index (κ2) is 13.2. The van der Waals surface area contributed by atoms with Gasteiger partial charge in [-0.3, -0.25) is 19.2 Å². The Bertz CT molecular complexity index is 692. The lowest BCUT2D eigenvalue weighted by Crippen LogP contribution is -2.43. The van der Waals surface area contributed by atoms with Crippen molar-refractivity contribution in [3.05, 3.63) is 35.4 Å². The molecule has 0 atom stereocenters. The molecule has 0 heterocycles. The summed E-state index contributed by atoms with van der Waals surface area (Å²) in [5.41, 5.74) is 1.29. The largest absolute Gasteiger partial charge is 0.387 e. The van der Waals surface area contributed by atoms with Gasteiger partial charge in [-0.15, -0.1) is 0 Å². The van der Waals surface area contributed by atoms with Gasteiger partial charge in [0.15, 0.2) is 0 Å².